The van der Waals surface area contributed by atoms with Crippen molar-refractivity contribution in [1.82, 2.24) is 0 Å². The molecule has 6 heteroatoms. The molecule has 1 N–H and O–H groups in total. The molecule has 0 aliphatic carbocycles. The third kappa shape index (κ3) is 3.76. The quantitative estimate of drug-likeness (QED) is 0.868. The first-order chi connectivity index (χ1) is 9.16. The van der Waals surface area contributed by atoms with E-state index in [1.807, 2.05) is 0 Å². The van der Waals surface area contributed by atoms with Crippen LogP contribution in [-0.2, 0) is 9.53 Å². The van der Waals surface area contributed by atoms with Gasteiger partial charge in [0.2, 0.25) is 5.91 Å². The molecule has 0 aromatic heterocycles. The van der Waals surface area contributed by atoms with Crippen LogP contribution in [0.1, 0.15) is 38.1 Å². The third-order valence-electron chi connectivity index (χ3n) is 2.46. The molecule has 0 saturated heterocycles. The molecule has 1 rings (SSSR count). The summed E-state index contributed by atoms with van der Waals surface area (Å²) in [6.45, 7) is 6.55. The van der Waals surface area contributed by atoms with Crippen molar-refractivity contribution in [1.29, 1.82) is 0 Å². The molecular weight excluding hydrogens is 268 g/mol. The number of carbonyl (C=O) groups is 2. The average Bonchev–Trinajstić information content (AvgIpc) is 2.26. The van der Waals surface area contributed by atoms with E-state index in [4.69, 9.17) is 0 Å². The second kappa shape index (κ2) is 5.98. The predicted octanol–water partition coefficient (Wildman–Crippen LogP) is 3.13. The largest absolute Gasteiger partial charge is 0.462 e. The summed E-state index contributed by atoms with van der Waals surface area (Å²) < 4.78 is 32.0. The Balaban J connectivity index is 3.05. The van der Waals surface area contributed by atoms with E-state index >= 15 is 0 Å². The minimum Gasteiger partial charge on any atom is -0.462 e. The third-order valence-corrected chi connectivity index (χ3v) is 2.46. The van der Waals surface area contributed by atoms with Gasteiger partial charge in [-0.15, -0.1) is 0 Å². The zero-order valence-corrected chi connectivity index (χ0v) is 11.8. The van der Waals surface area contributed by atoms with Crippen LogP contribution in [0, 0.1) is 17.0 Å². The minimum atomic E-state index is -1.08. The van der Waals surface area contributed by atoms with Gasteiger partial charge in [-0.05, 0) is 19.1 Å². The van der Waals surface area contributed by atoms with Gasteiger partial charge in [-0.1, -0.05) is 20.8 Å². The monoisotopic (exact) mass is 285 g/mol. The Morgan fingerprint density at radius 1 is 1.20 bits per heavy atom. The summed E-state index contributed by atoms with van der Waals surface area (Å²) in [6.07, 6.45) is 0. The molecule has 1 amide bonds. The van der Waals surface area contributed by atoms with Gasteiger partial charge in [-0.25, -0.2) is 13.6 Å². The van der Waals surface area contributed by atoms with Crippen LogP contribution >= 0.6 is 0 Å². The Morgan fingerprint density at radius 3 is 2.10 bits per heavy atom. The molecule has 0 unspecified atom stereocenters. The van der Waals surface area contributed by atoms with Gasteiger partial charge in [-0.3, -0.25) is 4.79 Å². The number of halogens is 2. The maximum atomic E-state index is 13.7. The Labute approximate surface area is 116 Å². The van der Waals surface area contributed by atoms with Crippen molar-refractivity contribution in [3.63, 3.8) is 0 Å². The molecule has 0 atom stereocenters. The maximum Gasteiger partial charge on any atom is 0.344 e. The van der Waals surface area contributed by atoms with Crippen LogP contribution in [0.5, 0.6) is 0 Å². The number of carbonyl (C=O) groups excluding carboxylic acids is 2. The fraction of sp³-hybridized carbons (Fsp3) is 0.429. The summed E-state index contributed by atoms with van der Waals surface area (Å²) in [6, 6.07) is 1.78. The van der Waals surface area contributed by atoms with Gasteiger partial charge >= 0.3 is 5.97 Å². The van der Waals surface area contributed by atoms with Gasteiger partial charge in [0.1, 0.15) is 17.2 Å². The van der Waals surface area contributed by atoms with Crippen LogP contribution in [0.2, 0.25) is 0 Å². The summed E-state index contributed by atoms with van der Waals surface area (Å²) in [5.74, 6) is -3.61. The molecule has 0 bridgehead atoms. The van der Waals surface area contributed by atoms with Crippen LogP contribution < -0.4 is 5.32 Å². The van der Waals surface area contributed by atoms with Crippen molar-refractivity contribution in [2.24, 2.45) is 5.41 Å². The lowest BCUT2D eigenvalue weighted by atomic mass is 9.95. The van der Waals surface area contributed by atoms with Crippen molar-refractivity contribution in [2.75, 3.05) is 11.9 Å². The zero-order chi connectivity index (χ0) is 15.5. The lowest BCUT2D eigenvalue weighted by Gasteiger charge is -2.18. The van der Waals surface area contributed by atoms with Crippen molar-refractivity contribution in [3.8, 4) is 0 Å². The van der Waals surface area contributed by atoms with E-state index < -0.39 is 28.6 Å². The fourth-order valence-electron chi connectivity index (χ4n) is 1.36. The summed E-state index contributed by atoms with van der Waals surface area (Å²) >= 11 is 0. The molecule has 0 aliphatic heterocycles. The predicted molar refractivity (Wildman–Crippen MR) is 70.4 cm³/mol. The van der Waals surface area contributed by atoms with E-state index in [1.54, 1.807) is 20.8 Å². The van der Waals surface area contributed by atoms with Gasteiger partial charge in [0.15, 0.2) is 0 Å². The van der Waals surface area contributed by atoms with Crippen molar-refractivity contribution >= 4 is 17.6 Å². The number of hydrogen-bond acceptors (Lipinski definition) is 3. The molecule has 0 heterocycles. The van der Waals surface area contributed by atoms with Crippen molar-refractivity contribution in [2.45, 2.75) is 27.7 Å². The standard InChI is InChI=1S/C14H17F2NO3/c1-5-20-12(18)11-9(15)6-8(7-10(11)16)17-13(19)14(2,3)4/h6-7H,5H2,1-4H3,(H,17,19). The maximum absolute atomic E-state index is 13.7. The van der Waals surface area contributed by atoms with Crippen LogP contribution in [-0.4, -0.2) is 18.5 Å². The van der Waals surface area contributed by atoms with Crippen LogP contribution in [0.15, 0.2) is 12.1 Å². The SMILES string of the molecule is CCOC(=O)c1c(F)cc(NC(=O)C(C)(C)C)cc1F. The van der Waals surface area contributed by atoms with E-state index in [0.717, 1.165) is 12.1 Å². The normalized spacial score (nSPS) is 11.1. The highest BCUT2D eigenvalue weighted by Crippen LogP contribution is 2.22. The highest BCUT2D eigenvalue weighted by atomic mass is 19.1. The number of rotatable bonds is 3. The van der Waals surface area contributed by atoms with Crippen molar-refractivity contribution in [3.05, 3.63) is 29.3 Å². The zero-order valence-electron chi connectivity index (χ0n) is 11.8. The second-order valence-corrected chi connectivity index (χ2v) is 5.24. The van der Waals surface area contributed by atoms with Gasteiger partial charge in [0.05, 0.1) is 6.61 Å². The lowest BCUT2D eigenvalue weighted by molar-refractivity contribution is -0.123. The summed E-state index contributed by atoms with van der Waals surface area (Å²) in [5.41, 5.74) is -1.51. The summed E-state index contributed by atoms with van der Waals surface area (Å²) in [4.78, 5) is 23.1. The molecule has 20 heavy (non-hydrogen) atoms. The van der Waals surface area contributed by atoms with E-state index in [-0.39, 0.29) is 18.2 Å². The molecule has 0 aliphatic rings. The Hall–Kier alpha value is -1.98. The molecule has 0 saturated carbocycles. The topological polar surface area (TPSA) is 55.4 Å². The first-order valence-corrected chi connectivity index (χ1v) is 6.14. The Bertz CT molecular complexity index is 513. The van der Waals surface area contributed by atoms with Gasteiger partial charge in [0.25, 0.3) is 0 Å². The summed E-state index contributed by atoms with van der Waals surface area (Å²) in [5, 5.41) is 2.39. The molecule has 0 fully saturated rings. The molecule has 4 nitrogen and oxygen atoms in total. The van der Waals surface area contributed by atoms with E-state index in [2.05, 4.69) is 10.1 Å². The second-order valence-electron chi connectivity index (χ2n) is 5.24. The van der Waals surface area contributed by atoms with Gasteiger partial charge < -0.3 is 10.1 Å². The smallest absolute Gasteiger partial charge is 0.344 e. The number of hydrogen-bond donors (Lipinski definition) is 1. The molecule has 1 aromatic carbocycles. The van der Waals surface area contributed by atoms with E-state index in [9.17, 15) is 18.4 Å². The van der Waals surface area contributed by atoms with Crippen LogP contribution in [0.4, 0.5) is 14.5 Å². The minimum absolute atomic E-state index is 0.0141. The number of amides is 1. The molecule has 0 radical (unpaired) electrons. The number of nitrogens with one attached hydrogen (secondary N) is 1. The first kappa shape index (κ1) is 16.1. The molecule has 0 spiro atoms. The molecular formula is C14H17F2NO3. The van der Waals surface area contributed by atoms with Gasteiger partial charge in [0, 0.05) is 11.1 Å². The highest BCUT2D eigenvalue weighted by Gasteiger charge is 2.24. The average molecular weight is 285 g/mol. The van der Waals surface area contributed by atoms with E-state index in [0.29, 0.717) is 0 Å². The first-order valence-electron chi connectivity index (χ1n) is 6.14. The highest BCUT2D eigenvalue weighted by molar-refractivity contribution is 5.95. The van der Waals surface area contributed by atoms with Crippen LogP contribution in [0.25, 0.3) is 0 Å². The Morgan fingerprint density at radius 2 is 1.70 bits per heavy atom. The lowest BCUT2D eigenvalue weighted by Crippen LogP contribution is -2.27. The number of benzene rings is 1. The van der Waals surface area contributed by atoms with Gasteiger partial charge in [-0.2, -0.15) is 0 Å². The summed E-state index contributed by atoms with van der Waals surface area (Å²) in [7, 11) is 0. The fourth-order valence-corrected chi connectivity index (χ4v) is 1.36. The number of ether oxygens (including phenoxy) is 1. The van der Waals surface area contributed by atoms with Crippen molar-refractivity contribution < 1.29 is 23.1 Å². The Kier molecular flexibility index (Phi) is 4.81. The molecule has 110 valence electrons. The van der Waals surface area contributed by atoms with Crippen LogP contribution in [0.3, 0.4) is 0 Å². The number of esters is 1. The van der Waals surface area contributed by atoms with E-state index in [1.165, 1.54) is 6.92 Å². The number of anilines is 1. The molecule has 1 aromatic rings.